The van der Waals surface area contributed by atoms with Crippen molar-refractivity contribution in [2.75, 3.05) is 13.0 Å². The highest BCUT2D eigenvalue weighted by Gasteiger charge is 2.10. The Labute approximate surface area is 117 Å². The number of methoxy groups -OCH3 is 1. The van der Waals surface area contributed by atoms with Crippen LogP contribution in [0.5, 0.6) is 5.75 Å². The molecule has 18 heavy (non-hydrogen) atoms. The van der Waals surface area contributed by atoms with E-state index in [-0.39, 0.29) is 0 Å². The van der Waals surface area contributed by atoms with Crippen LogP contribution in [0, 0.1) is 5.92 Å². The highest BCUT2D eigenvalue weighted by molar-refractivity contribution is 7.09. The van der Waals surface area contributed by atoms with Crippen molar-refractivity contribution >= 4 is 22.9 Å². The van der Waals surface area contributed by atoms with E-state index < -0.39 is 0 Å². The minimum absolute atomic E-state index is 0.484. The summed E-state index contributed by atoms with van der Waals surface area (Å²) in [5.41, 5.74) is 1.29. The fraction of sp³-hybridized carbons (Fsp3) is 0.333. The highest BCUT2D eigenvalue weighted by atomic mass is 35.5. The number of thiophene rings is 1. The van der Waals surface area contributed by atoms with Gasteiger partial charge in [-0.05, 0) is 47.9 Å². The molecule has 1 nitrogen and oxygen atoms in total. The second-order valence-electron chi connectivity index (χ2n) is 4.36. The van der Waals surface area contributed by atoms with Gasteiger partial charge in [-0.2, -0.15) is 0 Å². The topological polar surface area (TPSA) is 9.23 Å². The molecule has 96 valence electrons. The molecular formula is C15H17ClOS. The van der Waals surface area contributed by atoms with Gasteiger partial charge in [0.2, 0.25) is 0 Å². The Kier molecular flexibility index (Phi) is 5.09. The van der Waals surface area contributed by atoms with Gasteiger partial charge in [-0.1, -0.05) is 18.2 Å². The number of halogens is 1. The van der Waals surface area contributed by atoms with Gasteiger partial charge < -0.3 is 4.74 Å². The molecule has 0 fully saturated rings. The van der Waals surface area contributed by atoms with Gasteiger partial charge in [0.1, 0.15) is 5.75 Å². The molecule has 0 aliphatic carbocycles. The van der Waals surface area contributed by atoms with E-state index in [9.17, 15) is 0 Å². The summed E-state index contributed by atoms with van der Waals surface area (Å²) >= 11 is 7.88. The van der Waals surface area contributed by atoms with E-state index in [1.165, 1.54) is 10.4 Å². The number of hydrogen-bond donors (Lipinski definition) is 0. The number of hydrogen-bond acceptors (Lipinski definition) is 2. The molecule has 0 bridgehead atoms. The molecule has 0 amide bonds. The molecule has 0 N–H and O–H groups in total. The standard InChI is InChI=1S/C15H17ClOS/c1-17-14-5-2-4-12(9-14)8-13(11-16)10-15-6-3-7-18-15/h2-7,9,13H,8,10-11H2,1H3. The predicted molar refractivity (Wildman–Crippen MR) is 78.9 cm³/mol. The first-order valence-electron chi connectivity index (χ1n) is 6.03. The van der Waals surface area contributed by atoms with Crippen molar-refractivity contribution in [3.8, 4) is 5.75 Å². The number of ether oxygens (including phenoxy) is 1. The highest BCUT2D eigenvalue weighted by Crippen LogP contribution is 2.21. The maximum absolute atomic E-state index is 6.08. The molecule has 1 unspecified atom stereocenters. The molecule has 0 saturated carbocycles. The quantitative estimate of drug-likeness (QED) is 0.713. The third-order valence-corrected chi connectivity index (χ3v) is 4.28. The van der Waals surface area contributed by atoms with Gasteiger partial charge in [-0.3, -0.25) is 0 Å². The van der Waals surface area contributed by atoms with Crippen LogP contribution < -0.4 is 4.74 Å². The van der Waals surface area contributed by atoms with E-state index in [0.29, 0.717) is 11.8 Å². The average Bonchev–Trinajstić information content (AvgIpc) is 2.91. The molecule has 3 heteroatoms. The molecular weight excluding hydrogens is 264 g/mol. The third-order valence-electron chi connectivity index (χ3n) is 2.95. The van der Waals surface area contributed by atoms with Crippen molar-refractivity contribution in [1.29, 1.82) is 0 Å². The molecule has 0 aliphatic heterocycles. The van der Waals surface area contributed by atoms with Crippen LogP contribution in [0.25, 0.3) is 0 Å². The molecule has 1 aromatic carbocycles. The number of benzene rings is 1. The van der Waals surface area contributed by atoms with Crippen molar-refractivity contribution < 1.29 is 4.74 Å². The number of alkyl halides is 1. The van der Waals surface area contributed by atoms with Gasteiger partial charge in [0.05, 0.1) is 7.11 Å². The van der Waals surface area contributed by atoms with Crippen LogP contribution in [0.15, 0.2) is 41.8 Å². The van der Waals surface area contributed by atoms with Gasteiger partial charge in [0.25, 0.3) is 0 Å². The first-order valence-corrected chi connectivity index (χ1v) is 7.44. The van der Waals surface area contributed by atoms with E-state index in [0.717, 1.165) is 18.6 Å². The van der Waals surface area contributed by atoms with Crippen molar-refractivity contribution in [1.82, 2.24) is 0 Å². The predicted octanol–water partition coefficient (Wildman–Crippen LogP) is 4.40. The first kappa shape index (κ1) is 13.4. The van der Waals surface area contributed by atoms with Crippen LogP contribution in [0.4, 0.5) is 0 Å². The molecule has 0 saturated heterocycles. The Balaban J connectivity index is 2.00. The van der Waals surface area contributed by atoms with E-state index in [4.69, 9.17) is 16.3 Å². The SMILES string of the molecule is COc1cccc(CC(CCl)Cc2cccs2)c1. The first-order chi connectivity index (χ1) is 8.81. The van der Waals surface area contributed by atoms with Crippen LogP contribution in [-0.2, 0) is 12.8 Å². The van der Waals surface area contributed by atoms with Crippen LogP contribution >= 0.6 is 22.9 Å². The zero-order valence-corrected chi connectivity index (χ0v) is 12.0. The fourth-order valence-electron chi connectivity index (χ4n) is 2.03. The van der Waals surface area contributed by atoms with Crippen LogP contribution in [0.1, 0.15) is 10.4 Å². The summed E-state index contributed by atoms with van der Waals surface area (Å²) in [6, 6.07) is 12.5. The van der Waals surface area contributed by atoms with Crippen LogP contribution in [0.3, 0.4) is 0 Å². The molecule has 2 rings (SSSR count). The normalized spacial score (nSPS) is 12.3. The van der Waals surface area contributed by atoms with E-state index >= 15 is 0 Å². The zero-order valence-electron chi connectivity index (χ0n) is 10.4. The largest absolute Gasteiger partial charge is 0.497 e. The summed E-state index contributed by atoms with van der Waals surface area (Å²) in [6.45, 7) is 0. The summed E-state index contributed by atoms with van der Waals surface area (Å²) in [6.07, 6.45) is 2.05. The Morgan fingerprint density at radius 3 is 2.78 bits per heavy atom. The smallest absolute Gasteiger partial charge is 0.119 e. The lowest BCUT2D eigenvalue weighted by molar-refractivity contribution is 0.414. The molecule has 0 spiro atoms. The minimum Gasteiger partial charge on any atom is -0.497 e. The summed E-state index contributed by atoms with van der Waals surface area (Å²) in [7, 11) is 1.70. The van der Waals surface area contributed by atoms with Crippen molar-refractivity contribution in [2.24, 2.45) is 5.92 Å². The van der Waals surface area contributed by atoms with Crippen LogP contribution in [-0.4, -0.2) is 13.0 Å². The molecule has 0 aliphatic rings. The van der Waals surface area contributed by atoms with Crippen molar-refractivity contribution in [2.45, 2.75) is 12.8 Å². The van der Waals surface area contributed by atoms with E-state index in [1.807, 2.05) is 12.1 Å². The fourth-order valence-corrected chi connectivity index (χ4v) is 3.07. The van der Waals surface area contributed by atoms with E-state index in [2.05, 4.69) is 29.6 Å². The third kappa shape index (κ3) is 3.76. The van der Waals surface area contributed by atoms with Gasteiger partial charge >= 0.3 is 0 Å². The summed E-state index contributed by atoms with van der Waals surface area (Å²) in [4.78, 5) is 1.41. The van der Waals surface area contributed by atoms with E-state index in [1.54, 1.807) is 18.4 Å². The minimum atomic E-state index is 0.484. The van der Waals surface area contributed by atoms with Gasteiger partial charge in [0.15, 0.2) is 0 Å². The Morgan fingerprint density at radius 1 is 1.22 bits per heavy atom. The van der Waals surface area contributed by atoms with Crippen LogP contribution in [0.2, 0.25) is 0 Å². The Bertz CT molecular complexity index is 467. The second-order valence-corrected chi connectivity index (χ2v) is 5.70. The maximum Gasteiger partial charge on any atom is 0.119 e. The summed E-state index contributed by atoms with van der Waals surface area (Å²) in [5.74, 6) is 2.09. The lowest BCUT2D eigenvalue weighted by Crippen LogP contribution is -2.09. The summed E-state index contributed by atoms with van der Waals surface area (Å²) < 4.78 is 5.25. The average molecular weight is 281 g/mol. The van der Waals surface area contributed by atoms with Gasteiger partial charge in [0, 0.05) is 10.8 Å². The van der Waals surface area contributed by atoms with Crippen molar-refractivity contribution in [3.63, 3.8) is 0 Å². The second kappa shape index (κ2) is 6.81. The molecule has 1 heterocycles. The monoisotopic (exact) mass is 280 g/mol. The molecule has 1 atom stereocenters. The number of rotatable bonds is 6. The Hall–Kier alpha value is -0.990. The maximum atomic E-state index is 6.08. The van der Waals surface area contributed by atoms with Crippen molar-refractivity contribution in [3.05, 3.63) is 52.2 Å². The molecule has 2 aromatic rings. The Morgan fingerprint density at radius 2 is 2.11 bits per heavy atom. The zero-order chi connectivity index (χ0) is 12.8. The van der Waals surface area contributed by atoms with Gasteiger partial charge in [-0.15, -0.1) is 22.9 Å². The molecule has 1 aromatic heterocycles. The lowest BCUT2D eigenvalue weighted by atomic mass is 9.97. The lowest BCUT2D eigenvalue weighted by Gasteiger charge is -2.13. The molecule has 0 radical (unpaired) electrons. The summed E-state index contributed by atoms with van der Waals surface area (Å²) in [5, 5.41) is 2.12. The van der Waals surface area contributed by atoms with Gasteiger partial charge in [-0.25, -0.2) is 0 Å².